The van der Waals surface area contributed by atoms with E-state index in [-0.39, 0.29) is 0 Å². The van der Waals surface area contributed by atoms with E-state index in [2.05, 4.69) is 103 Å². The van der Waals surface area contributed by atoms with Crippen LogP contribution < -0.4 is 0 Å². The molecule has 5 aromatic rings. The van der Waals surface area contributed by atoms with Crippen molar-refractivity contribution in [1.82, 2.24) is 4.98 Å². The predicted octanol–water partition coefficient (Wildman–Crippen LogP) is 7.77. The summed E-state index contributed by atoms with van der Waals surface area (Å²) in [7, 11) is 1.82. The molecule has 1 aliphatic carbocycles. The molecule has 0 atom stereocenters. The van der Waals surface area contributed by atoms with Crippen LogP contribution in [-0.4, -0.2) is 17.7 Å². The molecule has 2 heteroatoms. The molecule has 0 fully saturated rings. The zero-order valence-electron chi connectivity index (χ0n) is 18.4. The molecule has 0 aliphatic heterocycles. The molecular weight excluding hydrogens is 400 g/mol. The molecule has 2 nitrogen and oxygen atoms in total. The summed E-state index contributed by atoms with van der Waals surface area (Å²) in [6, 6.07) is 28.2. The number of rotatable bonds is 2. The van der Waals surface area contributed by atoms with Crippen molar-refractivity contribution in [2.75, 3.05) is 7.05 Å². The van der Waals surface area contributed by atoms with E-state index in [0.29, 0.717) is 0 Å². The number of nitrogens with zero attached hydrogens (tertiary/aromatic N) is 2. The lowest BCUT2D eigenvalue weighted by atomic mass is 9.91. The van der Waals surface area contributed by atoms with Gasteiger partial charge in [-0.05, 0) is 44.5 Å². The number of hydrogen-bond acceptors (Lipinski definition) is 2. The Balaban J connectivity index is 1.66. The molecular formula is C31H22N2. The first-order valence-corrected chi connectivity index (χ1v) is 11.1. The molecule has 0 radical (unpaired) electrons. The first-order valence-electron chi connectivity index (χ1n) is 11.1. The highest BCUT2D eigenvalue weighted by Crippen LogP contribution is 2.38. The third kappa shape index (κ3) is 3.03. The summed E-state index contributed by atoms with van der Waals surface area (Å²) in [6.07, 6.45) is 7.94. The van der Waals surface area contributed by atoms with Crippen LogP contribution in [0.25, 0.3) is 49.7 Å². The van der Waals surface area contributed by atoms with Crippen molar-refractivity contribution in [2.24, 2.45) is 4.99 Å². The lowest BCUT2D eigenvalue weighted by Crippen LogP contribution is -2.12. The van der Waals surface area contributed by atoms with Gasteiger partial charge < -0.3 is 0 Å². The van der Waals surface area contributed by atoms with Gasteiger partial charge in [0, 0.05) is 23.7 Å². The lowest BCUT2D eigenvalue weighted by Gasteiger charge is -2.17. The van der Waals surface area contributed by atoms with E-state index in [1.807, 2.05) is 13.1 Å². The van der Waals surface area contributed by atoms with Crippen LogP contribution in [0.3, 0.4) is 0 Å². The van der Waals surface area contributed by atoms with E-state index in [9.17, 15) is 0 Å². The maximum Gasteiger partial charge on any atom is 0.0967 e. The van der Waals surface area contributed by atoms with Crippen molar-refractivity contribution in [3.63, 3.8) is 0 Å². The number of allylic oxidation sites excluding steroid dienone is 4. The van der Waals surface area contributed by atoms with Gasteiger partial charge in [-0.3, -0.25) is 4.99 Å². The molecule has 0 amide bonds. The third-order valence-electron chi connectivity index (χ3n) is 6.41. The number of hydrogen-bond donors (Lipinski definition) is 0. The van der Waals surface area contributed by atoms with E-state index in [4.69, 9.17) is 4.98 Å². The summed E-state index contributed by atoms with van der Waals surface area (Å²) in [5.74, 6) is 0. The summed E-state index contributed by atoms with van der Waals surface area (Å²) in [5, 5.41) is 7.50. The maximum atomic E-state index is 5.13. The van der Waals surface area contributed by atoms with Crippen LogP contribution in [0.1, 0.15) is 11.3 Å². The molecule has 156 valence electrons. The van der Waals surface area contributed by atoms with Gasteiger partial charge >= 0.3 is 0 Å². The van der Waals surface area contributed by atoms with Crippen LogP contribution in [0.5, 0.6) is 0 Å². The lowest BCUT2D eigenvalue weighted by molar-refractivity contribution is 1.26. The summed E-state index contributed by atoms with van der Waals surface area (Å²) in [5.41, 5.74) is 6.00. The molecule has 6 rings (SSSR count). The Bertz CT molecular complexity index is 1680. The van der Waals surface area contributed by atoms with Gasteiger partial charge in [-0.25, -0.2) is 4.98 Å². The number of pyridine rings is 1. The predicted molar refractivity (Wildman–Crippen MR) is 142 cm³/mol. The van der Waals surface area contributed by atoms with Crippen molar-refractivity contribution in [2.45, 2.75) is 0 Å². The Hall–Kier alpha value is -4.30. The van der Waals surface area contributed by atoms with E-state index in [1.165, 1.54) is 32.3 Å². The van der Waals surface area contributed by atoms with Crippen molar-refractivity contribution >= 4 is 44.1 Å². The molecule has 0 saturated heterocycles. The molecule has 1 heterocycles. The second-order valence-electron chi connectivity index (χ2n) is 8.25. The first-order chi connectivity index (χ1) is 16.3. The molecule has 1 aliphatic rings. The van der Waals surface area contributed by atoms with Crippen LogP contribution in [0.4, 0.5) is 0 Å². The molecule has 4 aromatic carbocycles. The van der Waals surface area contributed by atoms with Gasteiger partial charge in [0.2, 0.25) is 0 Å². The molecule has 1 aromatic heterocycles. The van der Waals surface area contributed by atoms with Gasteiger partial charge in [-0.1, -0.05) is 97.6 Å². The van der Waals surface area contributed by atoms with Crippen molar-refractivity contribution in [3.05, 3.63) is 121 Å². The summed E-state index contributed by atoms with van der Waals surface area (Å²) < 4.78 is 0. The number of benzene rings is 4. The number of aromatic nitrogens is 1. The fourth-order valence-electron chi connectivity index (χ4n) is 4.93. The fourth-order valence-corrected chi connectivity index (χ4v) is 4.93. The smallest absolute Gasteiger partial charge is 0.0967 e. The minimum atomic E-state index is 0.894. The minimum absolute atomic E-state index is 0.894. The molecule has 0 unspecified atom stereocenters. The third-order valence-corrected chi connectivity index (χ3v) is 6.41. The average molecular weight is 423 g/mol. The van der Waals surface area contributed by atoms with E-state index in [1.54, 1.807) is 6.08 Å². The average Bonchev–Trinajstić information content (AvgIpc) is 2.87. The molecule has 0 N–H and O–H groups in total. The van der Waals surface area contributed by atoms with Crippen LogP contribution in [0.2, 0.25) is 0 Å². The molecule has 0 bridgehead atoms. The van der Waals surface area contributed by atoms with Gasteiger partial charge in [0.25, 0.3) is 0 Å². The molecule has 33 heavy (non-hydrogen) atoms. The molecule has 0 saturated carbocycles. The number of aliphatic imine (C=N–C) groups is 1. The SMILES string of the molecule is C=C/C=C1/C=Cc2ccc(-c3cc4ccc5ccccc5c4c4ccccc34)nc2C1=NC. The quantitative estimate of drug-likeness (QED) is 0.267. The van der Waals surface area contributed by atoms with Gasteiger partial charge in [-0.2, -0.15) is 0 Å². The minimum Gasteiger partial charge on any atom is -0.286 e. The standard InChI is InChI=1S/C31H22N2/c1-3-8-21-14-15-22-17-18-28(33-31(22)30(21)32-2)27-19-23-16-13-20-9-4-5-10-24(20)29(23)26-12-7-6-11-25(26)27/h3-19H,1H2,2H3/b21-8-,32-30?. The Morgan fingerprint density at radius 2 is 1.55 bits per heavy atom. The monoisotopic (exact) mass is 422 g/mol. The van der Waals surface area contributed by atoms with Crippen molar-refractivity contribution in [1.29, 1.82) is 0 Å². The highest BCUT2D eigenvalue weighted by atomic mass is 14.8. The second-order valence-corrected chi connectivity index (χ2v) is 8.25. The largest absolute Gasteiger partial charge is 0.286 e. The normalized spacial score (nSPS) is 15.5. The Morgan fingerprint density at radius 1 is 0.788 bits per heavy atom. The van der Waals surface area contributed by atoms with Gasteiger partial charge in [0.15, 0.2) is 0 Å². The zero-order valence-corrected chi connectivity index (χ0v) is 18.4. The fraction of sp³-hybridized carbons (Fsp3) is 0.0323. The van der Waals surface area contributed by atoms with E-state index < -0.39 is 0 Å². The van der Waals surface area contributed by atoms with Gasteiger partial charge in [-0.15, -0.1) is 0 Å². The molecule has 0 spiro atoms. The summed E-state index contributed by atoms with van der Waals surface area (Å²) >= 11 is 0. The van der Waals surface area contributed by atoms with Crippen molar-refractivity contribution in [3.8, 4) is 11.3 Å². The Morgan fingerprint density at radius 3 is 2.36 bits per heavy atom. The Labute approximate surface area is 192 Å². The van der Waals surface area contributed by atoms with Crippen LogP contribution >= 0.6 is 0 Å². The van der Waals surface area contributed by atoms with Crippen molar-refractivity contribution < 1.29 is 0 Å². The zero-order chi connectivity index (χ0) is 22.4. The summed E-state index contributed by atoms with van der Waals surface area (Å²) in [4.78, 5) is 9.69. The first kappa shape index (κ1) is 19.4. The second kappa shape index (κ2) is 7.68. The van der Waals surface area contributed by atoms with E-state index >= 15 is 0 Å². The topological polar surface area (TPSA) is 25.2 Å². The van der Waals surface area contributed by atoms with E-state index in [0.717, 1.165) is 33.8 Å². The highest BCUT2D eigenvalue weighted by molar-refractivity contribution is 6.23. The van der Waals surface area contributed by atoms with Crippen LogP contribution in [0.15, 0.2) is 114 Å². The number of fused-ring (bicyclic) bond motifs is 6. The van der Waals surface area contributed by atoms with Gasteiger partial charge in [0.05, 0.1) is 17.1 Å². The van der Waals surface area contributed by atoms with Crippen LogP contribution in [-0.2, 0) is 0 Å². The highest BCUT2D eigenvalue weighted by Gasteiger charge is 2.19. The Kier molecular flexibility index (Phi) is 4.51. The maximum absolute atomic E-state index is 5.13. The summed E-state index contributed by atoms with van der Waals surface area (Å²) in [6.45, 7) is 3.84. The van der Waals surface area contributed by atoms with Crippen LogP contribution in [0, 0.1) is 0 Å². The van der Waals surface area contributed by atoms with Gasteiger partial charge in [0.1, 0.15) is 0 Å².